The van der Waals surface area contributed by atoms with Crippen LogP contribution in [0.4, 0.5) is 4.39 Å². The molecule has 0 aliphatic heterocycles. The standard InChI is InChI=1S/C13H19FN2O/c1-17-12-7-3-6-10(14)13(12)11(16-15)8-9-4-2-5-9/h3,6-7,9,11,16H,2,4-5,8,15H2,1H3. The number of methoxy groups -OCH3 is 1. The number of rotatable bonds is 5. The molecule has 94 valence electrons. The number of nitrogens with two attached hydrogens (primary N) is 1. The van der Waals surface area contributed by atoms with Crippen molar-refractivity contribution in [3.05, 3.63) is 29.6 Å². The first-order valence-corrected chi connectivity index (χ1v) is 6.04. The molecule has 0 saturated heterocycles. The highest BCUT2D eigenvalue weighted by Crippen LogP contribution is 2.37. The average Bonchev–Trinajstić information content (AvgIpc) is 2.29. The van der Waals surface area contributed by atoms with Crippen LogP contribution in [0.3, 0.4) is 0 Å². The van der Waals surface area contributed by atoms with Crippen LogP contribution in [-0.4, -0.2) is 7.11 Å². The summed E-state index contributed by atoms with van der Waals surface area (Å²) in [5.74, 6) is 6.51. The lowest BCUT2D eigenvalue weighted by Gasteiger charge is -2.30. The van der Waals surface area contributed by atoms with Gasteiger partial charge in [0, 0.05) is 5.56 Å². The molecule has 1 aliphatic carbocycles. The Balaban J connectivity index is 2.21. The molecule has 0 heterocycles. The topological polar surface area (TPSA) is 47.3 Å². The summed E-state index contributed by atoms with van der Waals surface area (Å²) in [6.45, 7) is 0. The zero-order chi connectivity index (χ0) is 12.3. The average molecular weight is 238 g/mol. The highest BCUT2D eigenvalue weighted by Gasteiger charge is 2.26. The van der Waals surface area contributed by atoms with Crippen LogP contribution in [0.25, 0.3) is 0 Å². The van der Waals surface area contributed by atoms with E-state index in [0.29, 0.717) is 17.2 Å². The van der Waals surface area contributed by atoms with E-state index < -0.39 is 0 Å². The van der Waals surface area contributed by atoms with Crippen molar-refractivity contribution in [2.75, 3.05) is 7.11 Å². The Labute approximate surface area is 101 Å². The molecule has 1 unspecified atom stereocenters. The van der Waals surface area contributed by atoms with Crippen LogP contribution in [0.5, 0.6) is 5.75 Å². The maximum Gasteiger partial charge on any atom is 0.131 e. The summed E-state index contributed by atoms with van der Waals surface area (Å²) in [7, 11) is 1.55. The summed E-state index contributed by atoms with van der Waals surface area (Å²) in [5.41, 5.74) is 3.26. The van der Waals surface area contributed by atoms with Gasteiger partial charge in [0.05, 0.1) is 13.2 Å². The number of hydrogen-bond donors (Lipinski definition) is 2. The molecule has 1 fully saturated rings. The minimum absolute atomic E-state index is 0.170. The molecule has 0 aromatic heterocycles. The summed E-state index contributed by atoms with van der Waals surface area (Å²) in [6, 6.07) is 4.69. The van der Waals surface area contributed by atoms with Gasteiger partial charge in [-0.1, -0.05) is 25.3 Å². The molecule has 0 spiro atoms. The van der Waals surface area contributed by atoms with Crippen LogP contribution in [-0.2, 0) is 0 Å². The van der Waals surface area contributed by atoms with Gasteiger partial charge in [0.1, 0.15) is 11.6 Å². The Morgan fingerprint density at radius 2 is 2.29 bits per heavy atom. The van der Waals surface area contributed by atoms with E-state index in [4.69, 9.17) is 10.6 Å². The molecular formula is C13H19FN2O. The van der Waals surface area contributed by atoms with Gasteiger partial charge in [-0.2, -0.15) is 0 Å². The van der Waals surface area contributed by atoms with Gasteiger partial charge in [-0.15, -0.1) is 0 Å². The van der Waals surface area contributed by atoms with Gasteiger partial charge in [0.25, 0.3) is 0 Å². The second kappa shape index (κ2) is 5.47. The number of hydrazine groups is 1. The molecule has 1 aromatic carbocycles. The first-order valence-electron chi connectivity index (χ1n) is 6.04. The smallest absolute Gasteiger partial charge is 0.131 e. The minimum atomic E-state index is -0.258. The van der Waals surface area contributed by atoms with E-state index in [0.717, 1.165) is 6.42 Å². The maximum atomic E-state index is 13.9. The molecule has 3 nitrogen and oxygen atoms in total. The lowest BCUT2D eigenvalue weighted by atomic mass is 9.79. The van der Waals surface area contributed by atoms with Crippen molar-refractivity contribution >= 4 is 0 Å². The Morgan fingerprint density at radius 1 is 1.53 bits per heavy atom. The molecule has 3 N–H and O–H groups in total. The molecule has 1 saturated carbocycles. The van der Waals surface area contributed by atoms with Gasteiger partial charge < -0.3 is 4.74 Å². The van der Waals surface area contributed by atoms with E-state index in [2.05, 4.69) is 5.43 Å². The fourth-order valence-electron chi connectivity index (χ4n) is 2.36. The van der Waals surface area contributed by atoms with Gasteiger partial charge in [-0.05, 0) is 24.5 Å². The number of halogens is 1. The fraction of sp³-hybridized carbons (Fsp3) is 0.538. The van der Waals surface area contributed by atoms with E-state index in [9.17, 15) is 4.39 Å². The van der Waals surface area contributed by atoms with Crippen LogP contribution in [0.15, 0.2) is 18.2 Å². The Morgan fingerprint density at radius 3 is 2.82 bits per heavy atom. The maximum absolute atomic E-state index is 13.9. The van der Waals surface area contributed by atoms with Crippen LogP contribution >= 0.6 is 0 Å². The van der Waals surface area contributed by atoms with Crippen molar-refractivity contribution in [2.24, 2.45) is 11.8 Å². The van der Waals surface area contributed by atoms with Crippen LogP contribution in [0.2, 0.25) is 0 Å². The first-order chi connectivity index (χ1) is 8.26. The lowest BCUT2D eigenvalue weighted by Crippen LogP contribution is -2.32. The van der Waals surface area contributed by atoms with E-state index in [-0.39, 0.29) is 11.9 Å². The van der Waals surface area contributed by atoms with E-state index >= 15 is 0 Å². The predicted octanol–water partition coefficient (Wildman–Crippen LogP) is 2.53. The molecular weight excluding hydrogens is 219 g/mol. The van der Waals surface area contributed by atoms with Crippen molar-refractivity contribution in [3.8, 4) is 5.75 Å². The number of hydrogen-bond acceptors (Lipinski definition) is 3. The van der Waals surface area contributed by atoms with Crippen molar-refractivity contribution in [3.63, 3.8) is 0 Å². The van der Waals surface area contributed by atoms with Crippen LogP contribution in [0.1, 0.15) is 37.3 Å². The SMILES string of the molecule is COc1cccc(F)c1C(CC1CCC1)NN. The summed E-state index contributed by atoms with van der Waals surface area (Å²) >= 11 is 0. The van der Waals surface area contributed by atoms with E-state index in [1.54, 1.807) is 19.2 Å². The van der Waals surface area contributed by atoms with Gasteiger partial charge >= 0.3 is 0 Å². The lowest BCUT2D eigenvalue weighted by molar-refractivity contribution is 0.256. The van der Waals surface area contributed by atoms with Gasteiger partial charge in [0.15, 0.2) is 0 Å². The van der Waals surface area contributed by atoms with Crippen molar-refractivity contribution in [1.82, 2.24) is 5.43 Å². The van der Waals surface area contributed by atoms with E-state index in [1.807, 2.05) is 0 Å². The number of nitrogens with one attached hydrogen (secondary N) is 1. The van der Waals surface area contributed by atoms with E-state index in [1.165, 1.54) is 25.3 Å². The third-order valence-electron chi connectivity index (χ3n) is 3.58. The Kier molecular flexibility index (Phi) is 3.97. The second-order valence-corrected chi connectivity index (χ2v) is 4.61. The summed E-state index contributed by atoms with van der Waals surface area (Å²) in [5, 5.41) is 0. The van der Waals surface area contributed by atoms with Gasteiger partial charge in [0.2, 0.25) is 0 Å². The quantitative estimate of drug-likeness (QED) is 0.612. The summed E-state index contributed by atoms with van der Waals surface area (Å²) in [6.07, 6.45) is 4.58. The molecule has 0 bridgehead atoms. The Hall–Kier alpha value is -1.13. The van der Waals surface area contributed by atoms with Crippen molar-refractivity contribution in [1.29, 1.82) is 0 Å². The third-order valence-corrected chi connectivity index (χ3v) is 3.58. The molecule has 2 rings (SSSR count). The monoisotopic (exact) mass is 238 g/mol. The van der Waals surface area contributed by atoms with Crippen molar-refractivity contribution < 1.29 is 9.13 Å². The third kappa shape index (κ3) is 2.58. The molecule has 1 aromatic rings. The summed E-state index contributed by atoms with van der Waals surface area (Å²) < 4.78 is 19.1. The number of benzene rings is 1. The van der Waals surface area contributed by atoms with Gasteiger partial charge in [-0.3, -0.25) is 11.3 Å². The predicted molar refractivity (Wildman–Crippen MR) is 65.0 cm³/mol. The summed E-state index contributed by atoms with van der Waals surface area (Å²) in [4.78, 5) is 0. The molecule has 0 amide bonds. The normalized spacial score (nSPS) is 17.6. The van der Waals surface area contributed by atoms with Crippen molar-refractivity contribution in [2.45, 2.75) is 31.7 Å². The van der Waals surface area contributed by atoms with Gasteiger partial charge in [-0.25, -0.2) is 4.39 Å². The highest BCUT2D eigenvalue weighted by atomic mass is 19.1. The molecule has 0 radical (unpaired) electrons. The second-order valence-electron chi connectivity index (χ2n) is 4.61. The fourth-order valence-corrected chi connectivity index (χ4v) is 2.36. The minimum Gasteiger partial charge on any atom is -0.496 e. The largest absolute Gasteiger partial charge is 0.496 e. The molecule has 1 atom stereocenters. The first kappa shape index (κ1) is 12.3. The van der Waals surface area contributed by atoms with Crippen LogP contribution in [0, 0.1) is 11.7 Å². The van der Waals surface area contributed by atoms with Crippen LogP contribution < -0.4 is 16.0 Å². The zero-order valence-electron chi connectivity index (χ0n) is 10.1. The Bertz CT molecular complexity index is 380. The zero-order valence-corrected chi connectivity index (χ0v) is 10.1. The number of ether oxygens (including phenoxy) is 1. The molecule has 4 heteroatoms. The molecule has 17 heavy (non-hydrogen) atoms. The highest BCUT2D eigenvalue weighted by molar-refractivity contribution is 5.37. The molecule has 1 aliphatic rings.